The maximum Gasteiger partial charge on any atom is 0.0542 e. The molecule has 2 heterocycles. The topological polar surface area (TPSA) is 8.17 Å². The van der Waals surface area contributed by atoms with Gasteiger partial charge in [0.15, 0.2) is 0 Å². The highest BCUT2D eigenvalue weighted by Gasteiger charge is 2.19. The van der Waals surface area contributed by atoms with Crippen molar-refractivity contribution in [2.45, 2.75) is 0 Å². The van der Waals surface area contributed by atoms with Crippen molar-refractivity contribution in [1.82, 2.24) is 4.57 Å². The maximum atomic E-state index is 2.42. The van der Waals surface area contributed by atoms with Gasteiger partial charge in [0.05, 0.1) is 11.0 Å². The van der Waals surface area contributed by atoms with Crippen molar-refractivity contribution in [1.29, 1.82) is 0 Å². The van der Waals surface area contributed by atoms with E-state index < -0.39 is 0 Å². The van der Waals surface area contributed by atoms with Gasteiger partial charge in [-0.1, -0.05) is 140 Å². The van der Waals surface area contributed by atoms with Crippen molar-refractivity contribution in [2.24, 2.45) is 0 Å². The Morgan fingerprint density at radius 2 is 0.982 bits per heavy atom. The van der Waals surface area contributed by atoms with Gasteiger partial charge in [-0.3, -0.25) is 0 Å². The van der Waals surface area contributed by atoms with Crippen LogP contribution in [-0.4, -0.2) is 4.57 Å². The second kappa shape index (κ2) is 12.9. The van der Waals surface area contributed by atoms with Gasteiger partial charge in [0, 0.05) is 53.7 Å². The van der Waals surface area contributed by atoms with Gasteiger partial charge >= 0.3 is 0 Å². The molecule has 3 heteroatoms. The minimum absolute atomic E-state index is 1.11. The lowest BCUT2D eigenvalue weighted by Crippen LogP contribution is -2.09. The molecule has 0 spiro atoms. The second-order valence-electron chi connectivity index (χ2n) is 14.1. The van der Waals surface area contributed by atoms with E-state index in [1.807, 2.05) is 11.3 Å². The van der Waals surface area contributed by atoms with Gasteiger partial charge in [-0.15, -0.1) is 11.3 Å². The summed E-state index contributed by atoms with van der Waals surface area (Å²) in [6, 6.07) is 75.2. The lowest BCUT2D eigenvalue weighted by Gasteiger charge is -2.26. The summed E-state index contributed by atoms with van der Waals surface area (Å²) < 4.78 is 4.97. The number of anilines is 3. The second-order valence-corrected chi connectivity index (χ2v) is 15.2. The van der Waals surface area contributed by atoms with E-state index in [2.05, 4.69) is 216 Å². The monoisotopic (exact) mass is 718 g/mol. The first-order chi connectivity index (χ1) is 27.3. The van der Waals surface area contributed by atoms with Gasteiger partial charge in [-0.2, -0.15) is 0 Å². The highest BCUT2D eigenvalue weighted by Crippen LogP contribution is 2.44. The van der Waals surface area contributed by atoms with Crippen molar-refractivity contribution >= 4 is 81.1 Å². The molecule has 9 aromatic carbocycles. The molecule has 0 amide bonds. The van der Waals surface area contributed by atoms with E-state index in [0.29, 0.717) is 0 Å². The van der Waals surface area contributed by atoms with E-state index in [1.54, 1.807) is 0 Å². The summed E-state index contributed by atoms with van der Waals surface area (Å²) in [5, 5.41) is 7.58. The lowest BCUT2D eigenvalue weighted by molar-refractivity contribution is 1.18. The molecule has 258 valence electrons. The van der Waals surface area contributed by atoms with Crippen molar-refractivity contribution < 1.29 is 0 Å². The molecule has 0 aliphatic rings. The molecule has 0 saturated carbocycles. The summed E-state index contributed by atoms with van der Waals surface area (Å²) in [7, 11) is 0. The smallest absolute Gasteiger partial charge is 0.0542 e. The first kappa shape index (κ1) is 31.6. The molecular weight excluding hydrogens is 685 g/mol. The van der Waals surface area contributed by atoms with Gasteiger partial charge in [0.1, 0.15) is 0 Å². The highest BCUT2D eigenvalue weighted by molar-refractivity contribution is 7.25. The molecular formula is C52H34N2S. The molecule has 0 unspecified atom stereocenters. The fraction of sp³-hybridized carbons (Fsp3) is 0. The lowest BCUT2D eigenvalue weighted by atomic mass is 9.90. The van der Waals surface area contributed by atoms with E-state index in [1.165, 1.54) is 75.0 Å². The molecule has 0 radical (unpaired) electrons. The first-order valence-electron chi connectivity index (χ1n) is 18.8. The van der Waals surface area contributed by atoms with Crippen LogP contribution in [0.5, 0.6) is 0 Å². The van der Waals surface area contributed by atoms with Gasteiger partial charge in [-0.25, -0.2) is 0 Å². The van der Waals surface area contributed by atoms with Crippen LogP contribution in [0.3, 0.4) is 0 Å². The quantitative estimate of drug-likeness (QED) is 0.166. The summed E-state index contributed by atoms with van der Waals surface area (Å²) in [5.41, 5.74) is 11.8. The van der Waals surface area contributed by atoms with E-state index in [9.17, 15) is 0 Å². The Bertz CT molecular complexity index is 3190. The molecule has 0 atom stereocenters. The van der Waals surface area contributed by atoms with E-state index in [0.717, 1.165) is 22.7 Å². The van der Waals surface area contributed by atoms with Crippen LogP contribution >= 0.6 is 11.3 Å². The van der Waals surface area contributed by atoms with Gasteiger partial charge in [-0.05, 0) is 99.8 Å². The van der Waals surface area contributed by atoms with Crippen LogP contribution in [0.1, 0.15) is 0 Å². The van der Waals surface area contributed by atoms with Gasteiger partial charge in [0.2, 0.25) is 0 Å². The third-order valence-corrected chi connectivity index (χ3v) is 12.1. The molecule has 0 aliphatic carbocycles. The Kier molecular flexibility index (Phi) is 7.39. The van der Waals surface area contributed by atoms with Crippen molar-refractivity contribution in [3.05, 3.63) is 206 Å². The minimum Gasteiger partial charge on any atom is -0.310 e. The van der Waals surface area contributed by atoms with Crippen molar-refractivity contribution in [3.63, 3.8) is 0 Å². The van der Waals surface area contributed by atoms with E-state index in [-0.39, 0.29) is 0 Å². The summed E-state index contributed by atoms with van der Waals surface area (Å²) in [6.45, 7) is 0. The standard InChI is InChI=1S/C52H34N2S/c1-3-14-37(15-4-1)52-42-18-8-7-13-35(42)25-30-43(52)36-23-26-39(27-24-36)53(41-28-31-46-45-20-10-12-22-50(45)55-51(46)34-41)40-29-32-49-47(33-40)44-19-9-11-21-48(44)54(49)38-16-5-2-6-17-38/h1-34H. The number of thiophene rings is 1. The molecule has 2 aromatic heterocycles. The molecule has 0 fully saturated rings. The Morgan fingerprint density at radius 3 is 1.82 bits per heavy atom. The van der Waals surface area contributed by atoms with Crippen LogP contribution in [0, 0.1) is 0 Å². The average Bonchev–Trinajstić information content (AvgIpc) is 3.79. The average molecular weight is 719 g/mol. The SMILES string of the molecule is c1ccc(-c2c(-c3ccc(N(c4ccc5c(c4)sc4ccccc45)c4ccc5c(c4)c4ccccc4n5-c4ccccc4)cc3)ccc3ccccc23)cc1. The molecule has 55 heavy (non-hydrogen) atoms. The number of hydrogen-bond donors (Lipinski definition) is 0. The highest BCUT2D eigenvalue weighted by atomic mass is 32.1. The van der Waals surface area contributed by atoms with Gasteiger partial charge < -0.3 is 9.47 Å². The van der Waals surface area contributed by atoms with Crippen molar-refractivity contribution in [3.8, 4) is 27.9 Å². The van der Waals surface area contributed by atoms with Crippen LogP contribution in [-0.2, 0) is 0 Å². The van der Waals surface area contributed by atoms with Crippen LogP contribution in [0.2, 0.25) is 0 Å². The Morgan fingerprint density at radius 1 is 0.364 bits per heavy atom. The number of hydrogen-bond acceptors (Lipinski definition) is 2. The Labute approximate surface area is 323 Å². The predicted molar refractivity (Wildman–Crippen MR) is 237 cm³/mol. The van der Waals surface area contributed by atoms with E-state index >= 15 is 0 Å². The van der Waals surface area contributed by atoms with E-state index in [4.69, 9.17) is 0 Å². The van der Waals surface area contributed by atoms with Crippen LogP contribution in [0.15, 0.2) is 206 Å². The van der Waals surface area contributed by atoms with Gasteiger partial charge in [0.25, 0.3) is 0 Å². The summed E-state index contributed by atoms with van der Waals surface area (Å²) >= 11 is 1.86. The van der Waals surface area contributed by atoms with Crippen LogP contribution in [0.4, 0.5) is 17.1 Å². The zero-order valence-corrected chi connectivity index (χ0v) is 30.7. The molecule has 0 saturated heterocycles. The zero-order chi connectivity index (χ0) is 36.3. The first-order valence-corrected chi connectivity index (χ1v) is 19.6. The molecule has 11 aromatic rings. The summed E-state index contributed by atoms with van der Waals surface area (Å²) in [6.07, 6.45) is 0. The fourth-order valence-electron chi connectivity index (χ4n) is 8.47. The number of aromatic nitrogens is 1. The third kappa shape index (κ3) is 5.24. The zero-order valence-electron chi connectivity index (χ0n) is 29.9. The fourth-order valence-corrected chi connectivity index (χ4v) is 9.61. The molecule has 0 bridgehead atoms. The number of benzene rings is 9. The molecule has 11 rings (SSSR count). The van der Waals surface area contributed by atoms with Crippen LogP contribution < -0.4 is 4.90 Å². The van der Waals surface area contributed by atoms with Crippen molar-refractivity contribution in [2.75, 3.05) is 4.90 Å². The number of nitrogens with zero attached hydrogens (tertiary/aromatic N) is 2. The number of fused-ring (bicyclic) bond motifs is 7. The summed E-state index contributed by atoms with van der Waals surface area (Å²) in [4.78, 5) is 2.42. The van der Waals surface area contributed by atoms with Crippen LogP contribution in [0.25, 0.3) is 80.7 Å². The number of rotatable bonds is 6. The molecule has 0 N–H and O–H groups in total. The molecule has 0 aliphatic heterocycles. The third-order valence-electron chi connectivity index (χ3n) is 11.0. The molecule has 2 nitrogen and oxygen atoms in total. The minimum atomic E-state index is 1.11. The predicted octanol–water partition coefficient (Wildman–Crippen LogP) is 15.1. The summed E-state index contributed by atoms with van der Waals surface area (Å²) in [5.74, 6) is 0. The Balaban J connectivity index is 1.10. The Hall–Kier alpha value is -6.94. The maximum absolute atomic E-state index is 2.42. The number of para-hydroxylation sites is 2. The largest absolute Gasteiger partial charge is 0.310 e. The normalized spacial score (nSPS) is 11.6.